The Balaban J connectivity index is 1.55. The largest absolute Gasteiger partial charge is 0.371 e. The van der Waals surface area contributed by atoms with Crippen molar-refractivity contribution in [2.45, 2.75) is 19.8 Å². The minimum absolute atomic E-state index is 0.825. The maximum absolute atomic E-state index is 5.47. The van der Waals surface area contributed by atoms with Crippen molar-refractivity contribution in [2.24, 2.45) is 5.92 Å². The number of piperidine rings is 1. The third-order valence-electron chi connectivity index (χ3n) is 4.68. The summed E-state index contributed by atoms with van der Waals surface area (Å²) < 4.78 is 1.08. The number of pyridine rings is 1. The van der Waals surface area contributed by atoms with Gasteiger partial charge in [0, 0.05) is 36.6 Å². The first-order chi connectivity index (χ1) is 12.2. The smallest absolute Gasteiger partial charge is 0.189 e. The number of hydrogen-bond donors (Lipinski definition) is 1. The molecule has 3 heterocycles. The lowest BCUT2D eigenvalue weighted by atomic mass is 9.99. The number of rotatable bonds is 3. The van der Waals surface area contributed by atoms with Crippen LogP contribution in [-0.4, -0.2) is 23.1 Å². The molecule has 1 aromatic carbocycles. The van der Waals surface area contributed by atoms with E-state index in [2.05, 4.69) is 45.2 Å². The molecule has 126 valence electrons. The Morgan fingerprint density at radius 2 is 2.08 bits per heavy atom. The number of nitrogens with one attached hydrogen (secondary N) is 1. The average molecular weight is 348 g/mol. The lowest BCUT2D eigenvalue weighted by Gasteiger charge is -2.32. The molecular formula is C20H20N4S. The number of hydrogen-bond acceptors (Lipinski definition) is 5. The lowest BCUT2D eigenvalue weighted by molar-refractivity contribution is 0.438. The van der Waals surface area contributed by atoms with Gasteiger partial charge in [0.1, 0.15) is 5.82 Å². The van der Waals surface area contributed by atoms with Crippen LogP contribution in [0.3, 0.4) is 0 Å². The maximum Gasteiger partial charge on any atom is 0.189 e. The van der Waals surface area contributed by atoms with Crippen LogP contribution < -0.4 is 10.2 Å². The predicted octanol–water partition coefficient (Wildman–Crippen LogP) is 4.65. The zero-order chi connectivity index (χ0) is 17.2. The van der Waals surface area contributed by atoms with Gasteiger partial charge in [0.2, 0.25) is 0 Å². The van der Waals surface area contributed by atoms with Gasteiger partial charge in [-0.25, -0.2) is 9.97 Å². The number of thiazole rings is 1. The summed E-state index contributed by atoms with van der Waals surface area (Å²) in [7, 11) is 0. The van der Waals surface area contributed by atoms with Crippen molar-refractivity contribution in [3.05, 3.63) is 42.1 Å². The number of anilines is 3. The second-order valence-electron chi connectivity index (χ2n) is 6.54. The molecule has 1 saturated heterocycles. The van der Waals surface area contributed by atoms with Gasteiger partial charge in [-0.05, 0) is 43.0 Å². The van der Waals surface area contributed by atoms with E-state index in [1.807, 2.05) is 24.4 Å². The molecule has 0 unspecified atom stereocenters. The Bertz CT molecular complexity index is 932. The zero-order valence-electron chi connectivity index (χ0n) is 14.2. The highest BCUT2D eigenvalue weighted by Crippen LogP contribution is 2.30. The van der Waals surface area contributed by atoms with Crippen LogP contribution in [0.2, 0.25) is 0 Å². The van der Waals surface area contributed by atoms with E-state index in [0.717, 1.165) is 45.7 Å². The van der Waals surface area contributed by atoms with Crippen molar-refractivity contribution < 1.29 is 0 Å². The second kappa shape index (κ2) is 6.73. The van der Waals surface area contributed by atoms with Crippen LogP contribution in [0.5, 0.6) is 0 Å². The summed E-state index contributed by atoms with van der Waals surface area (Å²) in [5.74, 6) is 4.32. The van der Waals surface area contributed by atoms with Crippen LogP contribution in [0.1, 0.15) is 25.3 Å². The Morgan fingerprint density at radius 3 is 2.88 bits per heavy atom. The molecule has 0 aliphatic carbocycles. The van der Waals surface area contributed by atoms with E-state index < -0.39 is 0 Å². The summed E-state index contributed by atoms with van der Waals surface area (Å²) in [5.41, 5.74) is 3.05. The van der Waals surface area contributed by atoms with Crippen molar-refractivity contribution in [2.75, 3.05) is 23.3 Å². The van der Waals surface area contributed by atoms with Gasteiger partial charge in [-0.3, -0.25) is 0 Å². The van der Waals surface area contributed by atoms with E-state index in [4.69, 9.17) is 6.42 Å². The molecule has 1 aliphatic heterocycles. The number of aromatic nitrogens is 2. The first-order valence-corrected chi connectivity index (χ1v) is 9.38. The normalized spacial score (nSPS) is 15.3. The average Bonchev–Trinajstić information content (AvgIpc) is 3.03. The Hall–Kier alpha value is -2.58. The van der Waals surface area contributed by atoms with Crippen LogP contribution in [0.15, 0.2) is 36.5 Å². The molecule has 4 nitrogen and oxygen atoms in total. The van der Waals surface area contributed by atoms with Gasteiger partial charge in [0.25, 0.3) is 0 Å². The SMILES string of the molecule is C#Cc1ccc2nc(Nc3cc(N4CCC(C)CC4)ccn3)sc2c1. The molecule has 0 radical (unpaired) electrons. The Labute approximate surface area is 151 Å². The van der Waals surface area contributed by atoms with E-state index in [-0.39, 0.29) is 0 Å². The van der Waals surface area contributed by atoms with Crippen molar-refractivity contribution in [1.82, 2.24) is 9.97 Å². The summed E-state index contributed by atoms with van der Waals surface area (Å²) >= 11 is 1.59. The number of nitrogens with zero attached hydrogens (tertiary/aromatic N) is 3. The van der Waals surface area contributed by atoms with Gasteiger partial charge < -0.3 is 10.2 Å². The van der Waals surface area contributed by atoms with Crippen LogP contribution in [0.4, 0.5) is 16.6 Å². The van der Waals surface area contributed by atoms with Gasteiger partial charge in [-0.15, -0.1) is 6.42 Å². The highest BCUT2D eigenvalue weighted by Gasteiger charge is 2.16. The molecule has 25 heavy (non-hydrogen) atoms. The predicted molar refractivity (Wildman–Crippen MR) is 106 cm³/mol. The third kappa shape index (κ3) is 3.45. The van der Waals surface area contributed by atoms with Crippen LogP contribution in [0, 0.1) is 18.3 Å². The minimum Gasteiger partial charge on any atom is -0.371 e. The number of fused-ring (bicyclic) bond motifs is 1. The highest BCUT2D eigenvalue weighted by molar-refractivity contribution is 7.22. The molecule has 0 bridgehead atoms. The van der Waals surface area contributed by atoms with Gasteiger partial charge in [-0.2, -0.15) is 0 Å². The molecule has 1 N–H and O–H groups in total. The second-order valence-corrected chi connectivity index (χ2v) is 7.57. The highest BCUT2D eigenvalue weighted by atomic mass is 32.1. The fourth-order valence-corrected chi connectivity index (χ4v) is 4.04. The maximum atomic E-state index is 5.47. The molecule has 0 spiro atoms. The molecule has 0 atom stereocenters. The molecule has 1 aliphatic rings. The topological polar surface area (TPSA) is 41.1 Å². The Kier molecular flexibility index (Phi) is 4.29. The minimum atomic E-state index is 0.825. The first-order valence-electron chi connectivity index (χ1n) is 8.56. The molecular weight excluding hydrogens is 328 g/mol. The van der Waals surface area contributed by atoms with Crippen molar-refractivity contribution in [3.63, 3.8) is 0 Å². The van der Waals surface area contributed by atoms with Crippen molar-refractivity contribution in [1.29, 1.82) is 0 Å². The fraction of sp³-hybridized carbons (Fsp3) is 0.300. The molecule has 5 heteroatoms. The lowest BCUT2D eigenvalue weighted by Crippen LogP contribution is -2.32. The first kappa shape index (κ1) is 15.9. The van der Waals surface area contributed by atoms with Crippen LogP contribution in [0.25, 0.3) is 10.2 Å². The summed E-state index contributed by atoms with van der Waals surface area (Å²) in [6.45, 7) is 4.55. The Morgan fingerprint density at radius 1 is 1.24 bits per heavy atom. The van der Waals surface area contributed by atoms with Crippen molar-refractivity contribution >= 4 is 38.2 Å². The van der Waals surface area contributed by atoms with Gasteiger partial charge in [0.05, 0.1) is 10.2 Å². The van der Waals surface area contributed by atoms with E-state index in [1.54, 1.807) is 11.3 Å². The molecule has 4 rings (SSSR count). The summed E-state index contributed by atoms with van der Waals surface area (Å²) in [4.78, 5) is 11.5. The van der Waals surface area contributed by atoms with E-state index in [0.29, 0.717) is 0 Å². The van der Waals surface area contributed by atoms with E-state index in [9.17, 15) is 0 Å². The number of benzene rings is 1. The number of terminal acetylenes is 1. The molecule has 0 saturated carbocycles. The molecule has 2 aromatic heterocycles. The fourth-order valence-electron chi connectivity index (χ4n) is 3.13. The van der Waals surface area contributed by atoms with E-state index in [1.165, 1.54) is 18.5 Å². The standard InChI is InChI=1S/C20H20N4S/c1-3-15-4-5-17-18(12-15)25-20(22-17)23-19-13-16(6-9-21-19)24-10-7-14(2)8-11-24/h1,4-6,9,12-14H,7-8,10-11H2,2H3,(H,21,22,23). The van der Waals surface area contributed by atoms with Gasteiger partial charge >= 0.3 is 0 Å². The molecule has 1 fully saturated rings. The van der Waals surface area contributed by atoms with Crippen LogP contribution in [-0.2, 0) is 0 Å². The van der Waals surface area contributed by atoms with Gasteiger partial charge in [0.15, 0.2) is 5.13 Å². The third-order valence-corrected chi connectivity index (χ3v) is 5.62. The zero-order valence-corrected chi connectivity index (χ0v) is 15.0. The van der Waals surface area contributed by atoms with E-state index >= 15 is 0 Å². The summed E-state index contributed by atoms with van der Waals surface area (Å²) in [6.07, 6.45) is 9.83. The molecule has 0 amide bonds. The summed E-state index contributed by atoms with van der Waals surface area (Å²) in [6, 6.07) is 10.1. The van der Waals surface area contributed by atoms with Crippen LogP contribution >= 0.6 is 11.3 Å². The monoisotopic (exact) mass is 348 g/mol. The van der Waals surface area contributed by atoms with Crippen molar-refractivity contribution in [3.8, 4) is 12.3 Å². The molecule has 3 aromatic rings. The quantitative estimate of drug-likeness (QED) is 0.699. The summed E-state index contributed by atoms with van der Waals surface area (Å²) in [5, 5.41) is 4.17. The van der Waals surface area contributed by atoms with Gasteiger partial charge in [-0.1, -0.05) is 24.2 Å².